The van der Waals surface area contributed by atoms with Crippen molar-refractivity contribution in [2.75, 3.05) is 46.4 Å². The van der Waals surface area contributed by atoms with E-state index in [0.717, 1.165) is 30.5 Å². The Labute approximate surface area is 197 Å². The Morgan fingerprint density at radius 1 is 0.879 bits per heavy atom. The number of nitrogens with zero attached hydrogens (tertiary/aromatic N) is 2. The Morgan fingerprint density at radius 2 is 1.48 bits per heavy atom. The number of benzene rings is 2. The second kappa shape index (κ2) is 12.1. The summed E-state index contributed by atoms with van der Waals surface area (Å²) in [4.78, 5) is 17.7. The number of amides is 1. The number of likely N-dealkylation sites (tertiary alicyclic amines) is 2. The molecule has 6 heteroatoms. The molecule has 4 rings (SSSR count). The maximum absolute atomic E-state index is 12.5. The molecule has 2 aromatic carbocycles. The molecule has 1 N–H and O–H groups in total. The van der Waals surface area contributed by atoms with Crippen molar-refractivity contribution in [3.63, 3.8) is 0 Å². The monoisotopic (exact) mass is 451 g/mol. The molecule has 0 aliphatic carbocycles. The normalized spacial score (nSPS) is 18.1. The van der Waals surface area contributed by atoms with Gasteiger partial charge in [-0.3, -0.25) is 4.79 Å². The molecule has 0 unspecified atom stereocenters. The third-order valence-electron chi connectivity index (χ3n) is 6.81. The van der Waals surface area contributed by atoms with Gasteiger partial charge >= 0.3 is 0 Å². The Bertz CT molecular complexity index is 855. The van der Waals surface area contributed by atoms with Crippen molar-refractivity contribution in [3.8, 4) is 17.2 Å². The van der Waals surface area contributed by atoms with Crippen molar-refractivity contribution in [2.45, 2.75) is 44.6 Å². The van der Waals surface area contributed by atoms with Crippen LogP contribution < -0.4 is 14.8 Å². The molecule has 2 aliphatic heterocycles. The van der Waals surface area contributed by atoms with Gasteiger partial charge in [-0.15, -0.1) is 0 Å². The predicted molar refractivity (Wildman–Crippen MR) is 131 cm³/mol. The summed E-state index contributed by atoms with van der Waals surface area (Å²) in [5.74, 6) is 2.18. The van der Waals surface area contributed by atoms with E-state index < -0.39 is 0 Å². The lowest BCUT2D eigenvalue weighted by Crippen LogP contribution is -2.47. The van der Waals surface area contributed by atoms with Crippen LogP contribution >= 0.6 is 0 Å². The average molecular weight is 452 g/mol. The Hall–Kier alpha value is -2.57. The maximum Gasteiger partial charge on any atom is 0.251 e. The number of rotatable bonds is 9. The molecule has 2 aliphatic rings. The van der Waals surface area contributed by atoms with E-state index >= 15 is 0 Å². The van der Waals surface area contributed by atoms with Gasteiger partial charge in [0.05, 0.1) is 7.11 Å². The third kappa shape index (κ3) is 6.95. The number of hydrogen-bond donors (Lipinski definition) is 1. The van der Waals surface area contributed by atoms with Crippen molar-refractivity contribution in [1.29, 1.82) is 0 Å². The lowest BCUT2D eigenvalue weighted by molar-refractivity contribution is 0.0903. The minimum atomic E-state index is -0.0326. The van der Waals surface area contributed by atoms with Gasteiger partial charge in [-0.25, -0.2) is 0 Å². The van der Waals surface area contributed by atoms with E-state index in [4.69, 9.17) is 9.47 Å². The zero-order valence-electron chi connectivity index (χ0n) is 19.8. The van der Waals surface area contributed by atoms with Crippen molar-refractivity contribution < 1.29 is 14.3 Å². The minimum absolute atomic E-state index is 0.0326. The summed E-state index contributed by atoms with van der Waals surface area (Å²) in [6.45, 7) is 6.72. The highest BCUT2D eigenvalue weighted by Crippen LogP contribution is 2.24. The van der Waals surface area contributed by atoms with E-state index in [9.17, 15) is 4.79 Å². The van der Waals surface area contributed by atoms with Gasteiger partial charge in [0.15, 0.2) is 0 Å². The second-order valence-electron chi connectivity index (χ2n) is 9.08. The molecule has 2 heterocycles. The lowest BCUT2D eigenvalue weighted by Gasteiger charge is -2.40. The molecule has 0 saturated carbocycles. The molecular formula is C27H37N3O3. The van der Waals surface area contributed by atoms with Crippen LogP contribution in [0.5, 0.6) is 17.2 Å². The number of nitrogens with one attached hydrogen (secondary N) is 1. The fourth-order valence-corrected chi connectivity index (χ4v) is 4.85. The molecule has 33 heavy (non-hydrogen) atoms. The van der Waals surface area contributed by atoms with Gasteiger partial charge < -0.3 is 24.6 Å². The topological polar surface area (TPSA) is 54.0 Å². The van der Waals surface area contributed by atoms with E-state index in [1.165, 1.54) is 58.3 Å². The van der Waals surface area contributed by atoms with Gasteiger partial charge in [0.25, 0.3) is 5.91 Å². The first kappa shape index (κ1) is 23.6. The standard InChI is InChI=1S/C27H37N3O3/c1-32-24-10-12-26(13-11-24)33-25-8-6-22(7-9-25)27(31)28-16-5-17-29-20-14-23(15-21-29)30-18-3-2-4-19-30/h6-13,23H,2-5,14-21H2,1H3,(H,28,31). The van der Waals surface area contributed by atoms with E-state index in [1.807, 2.05) is 36.4 Å². The van der Waals surface area contributed by atoms with Gasteiger partial charge in [-0.05, 0) is 113 Å². The number of hydrogen-bond acceptors (Lipinski definition) is 5. The zero-order valence-corrected chi connectivity index (χ0v) is 19.8. The van der Waals surface area contributed by atoms with Crippen LogP contribution in [0.1, 0.15) is 48.9 Å². The summed E-state index contributed by atoms with van der Waals surface area (Å²) in [7, 11) is 1.64. The highest BCUT2D eigenvalue weighted by atomic mass is 16.5. The van der Waals surface area contributed by atoms with Crippen molar-refractivity contribution in [1.82, 2.24) is 15.1 Å². The predicted octanol–water partition coefficient (Wildman–Crippen LogP) is 4.56. The minimum Gasteiger partial charge on any atom is -0.497 e. The lowest BCUT2D eigenvalue weighted by atomic mass is 10.00. The van der Waals surface area contributed by atoms with Crippen LogP contribution in [0.3, 0.4) is 0 Å². The van der Waals surface area contributed by atoms with Crippen molar-refractivity contribution in [3.05, 3.63) is 54.1 Å². The molecule has 0 atom stereocenters. The van der Waals surface area contributed by atoms with Crippen LogP contribution in [-0.4, -0.2) is 68.1 Å². The van der Waals surface area contributed by atoms with E-state index in [0.29, 0.717) is 17.9 Å². The molecular weight excluding hydrogens is 414 g/mol. The van der Waals surface area contributed by atoms with Gasteiger partial charge in [-0.1, -0.05) is 6.42 Å². The molecule has 0 bridgehead atoms. The quantitative estimate of drug-likeness (QED) is 0.567. The fourth-order valence-electron chi connectivity index (χ4n) is 4.85. The molecule has 178 valence electrons. The SMILES string of the molecule is COc1ccc(Oc2ccc(C(=O)NCCCN3CCC(N4CCCCC4)CC3)cc2)cc1. The molecule has 2 fully saturated rings. The summed E-state index contributed by atoms with van der Waals surface area (Å²) in [5.41, 5.74) is 0.652. The number of methoxy groups -OCH3 is 1. The first-order valence-electron chi connectivity index (χ1n) is 12.4. The number of ether oxygens (including phenoxy) is 2. The third-order valence-corrected chi connectivity index (χ3v) is 6.81. The summed E-state index contributed by atoms with van der Waals surface area (Å²) >= 11 is 0. The Kier molecular flexibility index (Phi) is 8.61. The van der Waals surface area contributed by atoms with Crippen LogP contribution in [0, 0.1) is 0 Å². The molecule has 1 amide bonds. The molecule has 2 saturated heterocycles. The maximum atomic E-state index is 12.5. The van der Waals surface area contributed by atoms with Crippen LogP contribution in [0.25, 0.3) is 0 Å². The second-order valence-corrected chi connectivity index (χ2v) is 9.08. The van der Waals surface area contributed by atoms with Gasteiger partial charge in [0, 0.05) is 18.2 Å². The van der Waals surface area contributed by atoms with Crippen LogP contribution in [0.15, 0.2) is 48.5 Å². The molecule has 0 spiro atoms. The van der Waals surface area contributed by atoms with Gasteiger partial charge in [-0.2, -0.15) is 0 Å². The van der Waals surface area contributed by atoms with Crippen LogP contribution in [0.4, 0.5) is 0 Å². The van der Waals surface area contributed by atoms with Gasteiger partial charge in [0.2, 0.25) is 0 Å². The molecule has 0 aromatic heterocycles. The van der Waals surface area contributed by atoms with E-state index in [-0.39, 0.29) is 5.91 Å². The zero-order chi connectivity index (χ0) is 22.9. The number of piperidine rings is 2. The Morgan fingerprint density at radius 3 is 2.12 bits per heavy atom. The highest BCUT2D eigenvalue weighted by Gasteiger charge is 2.25. The molecule has 6 nitrogen and oxygen atoms in total. The Balaban J connectivity index is 1.13. The van der Waals surface area contributed by atoms with E-state index in [2.05, 4.69) is 15.1 Å². The largest absolute Gasteiger partial charge is 0.497 e. The average Bonchev–Trinajstić information content (AvgIpc) is 2.88. The fraction of sp³-hybridized carbons (Fsp3) is 0.519. The smallest absolute Gasteiger partial charge is 0.251 e. The van der Waals surface area contributed by atoms with E-state index in [1.54, 1.807) is 19.2 Å². The first-order chi connectivity index (χ1) is 16.2. The summed E-state index contributed by atoms with van der Waals surface area (Å²) in [5, 5.41) is 3.05. The summed E-state index contributed by atoms with van der Waals surface area (Å²) in [6.07, 6.45) is 7.72. The van der Waals surface area contributed by atoms with Crippen LogP contribution in [0.2, 0.25) is 0 Å². The molecule has 2 aromatic rings. The van der Waals surface area contributed by atoms with Crippen molar-refractivity contribution >= 4 is 5.91 Å². The molecule has 0 radical (unpaired) electrons. The number of carbonyl (C=O) groups is 1. The van der Waals surface area contributed by atoms with Crippen LogP contribution in [-0.2, 0) is 0 Å². The van der Waals surface area contributed by atoms with Crippen molar-refractivity contribution in [2.24, 2.45) is 0 Å². The summed E-state index contributed by atoms with van der Waals surface area (Å²) in [6, 6.07) is 15.5. The number of carbonyl (C=O) groups excluding carboxylic acids is 1. The summed E-state index contributed by atoms with van der Waals surface area (Å²) < 4.78 is 11.0. The van der Waals surface area contributed by atoms with Gasteiger partial charge in [0.1, 0.15) is 17.2 Å². The first-order valence-corrected chi connectivity index (χ1v) is 12.4. The highest BCUT2D eigenvalue weighted by molar-refractivity contribution is 5.94.